The van der Waals surface area contributed by atoms with Crippen LogP contribution in [-0.4, -0.2) is 31.3 Å². The van der Waals surface area contributed by atoms with E-state index in [1.807, 2.05) is 25.1 Å². The van der Waals surface area contributed by atoms with E-state index in [-0.39, 0.29) is 0 Å². The Balaban J connectivity index is 1.91. The van der Waals surface area contributed by atoms with Gasteiger partial charge in [-0.25, -0.2) is 5.10 Å². The van der Waals surface area contributed by atoms with Crippen LogP contribution in [0.3, 0.4) is 0 Å². The molecular weight excluding hydrogens is 308 g/mol. The molecule has 0 fully saturated rings. The lowest BCUT2D eigenvalue weighted by atomic mass is 10.0. The molecule has 0 radical (unpaired) electrons. The molecule has 3 rings (SSSR count). The summed E-state index contributed by atoms with van der Waals surface area (Å²) in [5, 5.41) is 18.5. The van der Waals surface area contributed by atoms with Crippen LogP contribution in [0.1, 0.15) is 36.6 Å². The maximum absolute atomic E-state index is 5.24. The third-order valence-electron chi connectivity index (χ3n) is 3.51. The molecule has 0 aliphatic rings. The molecule has 0 spiro atoms. The Morgan fingerprint density at radius 3 is 2.52 bits per heavy atom. The van der Waals surface area contributed by atoms with Crippen molar-refractivity contribution in [1.29, 1.82) is 0 Å². The lowest BCUT2D eigenvalue weighted by molar-refractivity contribution is 0.863. The average Bonchev–Trinajstić information content (AvgIpc) is 3.11. The topological polar surface area (TPSA) is 74.7 Å². The molecule has 118 valence electrons. The molecule has 0 aliphatic carbocycles. The first-order valence-electron chi connectivity index (χ1n) is 7.38. The minimum absolute atomic E-state index is 0.427. The second-order valence-corrected chi connectivity index (χ2v) is 6.05. The Morgan fingerprint density at radius 1 is 1.17 bits per heavy atom. The van der Waals surface area contributed by atoms with Crippen LogP contribution in [0.4, 0.5) is 0 Å². The van der Waals surface area contributed by atoms with Crippen LogP contribution in [0.15, 0.2) is 35.4 Å². The molecule has 2 N–H and O–H groups in total. The van der Waals surface area contributed by atoms with Crippen LogP contribution in [0.25, 0.3) is 11.5 Å². The molecule has 6 nitrogen and oxygen atoms in total. The second kappa shape index (κ2) is 6.29. The molecule has 7 heteroatoms. The fourth-order valence-corrected chi connectivity index (χ4v) is 2.37. The van der Waals surface area contributed by atoms with Crippen LogP contribution in [0.5, 0.6) is 0 Å². The maximum Gasteiger partial charge on any atom is 0.216 e. The number of benzene rings is 1. The molecule has 2 aromatic heterocycles. The van der Waals surface area contributed by atoms with Crippen LogP contribution in [0, 0.1) is 11.7 Å². The number of aryl methyl sites for hydroxylation is 1. The molecule has 0 bridgehead atoms. The van der Waals surface area contributed by atoms with Gasteiger partial charge in [-0.05, 0) is 42.3 Å². The molecule has 0 saturated heterocycles. The van der Waals surface area contributed by atoms with E-state index < -0.39 is 0 Å². The van der Waals surface area contributed by atoms with E-state index >= 15 is 0 Å². The predicted molar refractivity (Wildman–Crippen MR) is 93.3 cm³/mol. The van der Waals surface area contributed by atoms with Crippen molar-refractivity contribution in [3.8, 4) is 11.5 Å². The van der Waals surface area contributed by atoms with Gasteiger partial charge in [0.1, 0.15) is 5.69 Å². The Kier molecular flexibility index (Phi) is 4.20. The first-order chi connectivity index (χ1) is 11.0. The molecule has 23 heavy (non-hydrogen) atoms. The first-order valence-corrected chi connectivity index (χ1v) is 7.79. The number of aromatic nitrogens is 5. The lowest BCUT2D eigenvalue weighted by Gasteiger charge is -2.04. The third-order valence-corrected chi connectivity index (χ3v) is 3.78. The highest BCUT2D eigenvalue weighted by molar-refractivity contribution is 7.71. The highest BCUT2D eigenvalue weighted by Crippen LogP contribution is 2.16. The molecule has 0 atom stereocenters. The summed E-state index contributed by atoms with van der Waals surface area (Å²) in [6, 6.07) is 10.2. The standard InChI is InChI=1S/C16H18N6S/c1-10(2)13-6-4-12(5-7-13)9-17-22-15(20-21-16(22)23)14-8-11(3)18-19-14/h4-10H,1-3H3,(H,18,19)(H,21,23). The summed E-state index contributed by atoms with van der Waals surface area (Å²) in [5.41, 5.74) is 3.95. The Hall–Kier alpha value is -2.54. The summed E-state index contributed by atoms with van der Waals surface area (Å²) < 4.78 is 2.00. The summed E-state index contributed by atoms with van der Waals surface area (Å²) in [6.07, 6.45) is 1.76. The Bertz CT molecular complexity index is 882. The number of nitrogens with one attached hydrogen (secondary N) is 2. The van der Waals surface area contributed by atoms with Gasteiger partial charge < -0.3 is 0 Å². The van der Waals surface area contributed by atoms with E-state index in [1.54, 1.807) is 10.9 Å². The van der Waals surface area contributed by atoms with E-state index in [4.69, 9.17) is 12.2 Å². The molecule has 0 unspecified atom stereocenters. The molecule has 0 aliphatic heterocycles. The van der Waals surface area contributed by atoms with Crippen molar-refractivity contribution >= 4 is 18.4 Å². The molecule has 0 amide bonds. The van der Waals surface area contributed by atoms with Gasteiger partial charge >= 0.3 is 0 Å². The van der Waals surface area contributed by atoms with E-state index in [0.717, 1.165) is 11.3 Å². The van der Waals surface area contributed by atoms with Crippen LogP contribution >= 0.6 is 12.2 Å². The second-order valence-electron chi connectivity index (χ2n) is 5.67. The van der Waals surface area contributed by atoms with Crippen molar-refractivity contribution in [3.05, 3.63) is 51.9 Å². The number of hydrogen-bond donors (Lipinski definition) is 2. The monoisotopic (exact) mass is 326 g/mol. The summed E-state index contributed by atoms with van der Waals surface area (Å²) >= 11 is 5.24. The molecular formula is C16H18N6S. The molecule has 2 heterocycles. The zero-order valence-corrected chi connectivity index (χ0v) is 14.1. The number of hydrogen-bond acceptors (Lipinski definition) is 4. The zero-order valence-electron chi connectivity index (χ0n) is 13.2. The van der Waals surface area contributed by atoms with Gasteiger partial charge in [0.25, 0.3) is 0 Å². The van der Waals surface area contributed by atoms with E-state index in [0.29, 0.717) is 22.2 Å². The van der Waals surface area contributed by atoms with Gasteiger partial charge in [-0.1, -0.05) is 38.1 Å². The van der Waals surface area contributed by atoms with Crippen LogP contribution in [0.2, 0.25) is 0 Å². The number of H-pyrrole nitrogens is 2. The van der Waals surface area contributed by atoms with E-state index in [2.05, 4.69) is 51.5 Å². The highest BCUT2D eigenvalue weighted by atomic mass is 32.1. The van der Waals surface area contributed by atoms with E-state index in [1.165, 1.54) is 5.56 Å². The van der Waals surface area contributed by atoms with Crippen molar-refractivity contribution in [2.45, 2.75) is 26.7 Å². The average molecular weight is 326 g/mol. The lowest BCUT2D eigenvalue weighted by Crippen LogP contribution is -1.95. The number of nitrogens with zero attached hydrogens (tertiary/aromatic N) is 4. The minimum Gasteiger partial charge on any atom is -0.282 e. The zero-order chi connectivity index (χ0) is 16.4. The maximum atomic E-state index is 5.24. The minimum atomic E-state index is 0.427. The highest BCUT2D eigenvalue weighted by Gasteiger charge is 2.10. The van der Waals surface area contributed by atoms with Crippen molar-refractivity contribution in [3.63, 3.8) is 0 Å². The first kappa shape index (κ1) is 15.4. The summed E-state index contributed by atoms with van der Waals surface area (Å²) in [6.45, 7) is 6.28. The van der Waals surface area contributed by atoms with Crippen molar-refractivity contribution < 1.29 is 0 Å². The largest absolute Gasteiger partial charge is 0.282 e. The summed E-state index contributed by atoms with van der Waals surface area (Å²) in [4.78, 5) is 0. The number of aromatic amines is 2. The fraction of sp³-hybridized carbons (Fsp3) is 0.250. The smallest absolute Gasteiger partial charge is 0.216 e. The molecule has 0 saturated carbocycles. The van der Waals surface area contributed by atoms with Crippen molar-refractivity contribution in [2.24, 2.45) is 5.10 Å². The SMILES string of the molecule is Cc1cc(-c2n[nH]c(=S)n2N=Cc2ccc(C(C)C)cc2)n[nH]1. The number of rotatable bonds is 4. The van der Waals surface area contributed by atoms with Gasteiger partial charge in [-0.3, -0.25) is 5.10 Å². The normalized spacial score (nSPS) is 11.7. The van der Waals surface area contributed by atoms with Gasteiger partial charge in [-0.15, -0.1) is 0 Å². The fourth-order valence-electron chi connectivity index (χ4n) is 2.19. The van der Waals surface area contributed by atoms with Crippen molar-refractivity contribution in [2.75, 3.05) is 0 Å². The molecule has 3 aromatic rings. The van der Waals surface area contributed by atoms with Gasteiger partial charge in [-0.2, -0.15) is 20.0 Å². The van der Waals surface area contributed by atoms with Gasteiger partial charge in [0, 0.05) is 5.69 Å². The summed E-state index contributed by atoms with van der Waals surface area (Å²) in [5.74, 6) is 1.09. The predicted octanol–water partition coefficient (Wildman–Crippen LogP) is 3.64. The Labute approximate surface area is 139 Å². The van der Waals surface area contributed by atoms with Gasteiger partial charge in [0.05, 0.1) is 6.21 Å². The summed E-state index contributed by atoms with van der Waals surface area (Å²) in [7, 11) is 0. The third kappa shape index (κ3) is 3.29. The Morgan fingerprint density at radius 2 is 1.91 bits per heavy atom. The van der Waals surface area contributed by atoms with Gasteiger partial charge in [0.2, 0.25) is 10.6 Å². The van der Waals surface area contributed by atoms with Gasteiger partial charge in [0.15, 0.2) is 0 Å². The van der Waals surface area contributed by atoms with Crippen LogP contribution < -0.4 is 0 Å². The molecule has 1 aromatic carbocycles. The van der Waals surface area contributed by atoms with E-state index in [9.17, 15) is 0 Å². The van der Waals surface area contributed by atoms with Crippen molar-refractivity contribution in [1.82, 2.24) is 25.1 Å². The quantitative estimate of drug-likeness (QED) is 0.568. The van der Waals surface area contributed by atoms with Crippen LogP contribution in [-0.2, 0) is 0 Å².